The monoisotopic (exact) mass is 499 g/mol. The van der Waals surface area contributed by atoms with E-state index in [0.717, 1.165) is 51.1 Å². The second kappa shape index (κ2) is 10.1. The molecule has 2 unspecified atom stereocenters. The highest BCUT2D eigenvalue weighted by Crippen LogP contribution is 2.51. The number of sulfonamides is 1. The third kappa shape index (κ3) is 5.21. The maximum Gasteiger partial charge on any atom is 0.234 e. The minimum absolute atomic E-state index is 0.1000. The smallest absolute Gasteiger partial charge is 0.234 e. The second-order valence-electron chi connectivity index (χ2n) is 10.3. The van der Waals surface area contributed by atoms with Crippen LogP contribution in [-0.4, -0.2) is 64.1 Å². The van der Waals surface area contributed by atoms with Crippen molar-refractivity contribution in [2.75, 3.05) is 55.3 Å². The summed E-state index contributed by atoms with van der Waals surface area (Å²) < 4.78 is 32.2. The molecular weight excluding hydrogens is 462 g/mol. The minimum Gasteiger partial charge on any atom is -0.384 e. The maximum atomic E-state index is 12.3. The summed E-state index contributed by atoms with van der Waals surface area (Å²) in [4.78, 5) is 4.93. The highest BCUT2D eigenvalue weighted by molar-refractivity contribution is 7.92. The third-order valence-corrected chi connectivity index (χ3v) is 9.28. The lowest BCUT2D eigenvalue weighted by atomic mass is 9.75. The van der Waals surface area contributed by atoms with Gasteiger partial charge >= 0.3 is 0 Å². The van der Waals surface area contributed by atoms with E-state index in [0.29, 0.717) is 5.69 Å². The predicted octanol–water partition coefficient (Wildman–Crippen LogP) is 3.40. The first kappa shape index (κ1) is 24.6. The highest BCUT2D eigenvalue weighted by atomic mass is 32.2. The Morgan fingerprint density at radius 3 is 2.40 bits per heavy atom. The van der Waals surface area contributed by atoms with Crippen molar-refractivity contribution in [3.63, 3.8) is 0 Å². The molecule has 35 heavy (non-hydrogen) atoms. The molecule has 5 rings (SSSR count). The number of piperidine rings is 1. The molecule has 3 aliphatic rings. The number of hydrogen-bond acceptors (Lipinski definition) is 6. The second-order valence-corrected chi connectivity index (χ2v) is 12.2. The lowest BCUT2D eigenvalue weighted by Crippen LogP contribution is -2.51. The molecule has 0 spiro atoms. The Bertz CT molecular complexity index is 1100. The molecule has 1 aliphatic carbocycles. The molecule has 2 aliphatic heterocycles. The quantitative estimate of drug-likeness (QED) is 0.550. The van der Waals surface area contributed by atoms with E-state index in [1.807, 2.05) is 18.2 Å². The summed E-state index contributed by atoms with van der Waals surface area (Å²) in [6.45, 7) is 5.02. The fourth-order valence-corrected chi connectivity index (χ4v) is 7.21. The van der Waals surface area contributed by atoms with Crippen LogP contribution in [0.4, 0.5) is 11.4 Å². The molecule has 2 N–H and O–H groups in total. The zero-order valence-corrected chi connectivity index (χ0v) is 21.3. The molecule has 2 aromatic carbocycles. The van der Waals surface area contributed by atoms with Crippen molar-refractivity contribution in [3.05, 3.63) is 59.7 Å². The van der Waals surface area contributed by atoms with E-state index in [1.54, 1.807) is 6.07 Å². The van der Waals surface area contributed by atoms with Gasteiger partial charge in [-0.05, 0) is 61.1 Å². The van der Waals surface area contributed by atoms with E-state index in [2.05, 4.69) is 38.8 Å². The van der Waals surface area contributed by atoms with Gasteiger partial charge in [0, 0.05) is 63.0 Å². The molecule has 2 aromatic rings. The standard InChI is InChI=1S/C27H37N3O4S/c1-34-15-16-35(32,33)28-25-6-4-5-22(17-25)27(31)23-9-10-24(27)20-29(19-23)18-21-7-11-26(12-8-21)30-13-2-3-14-30/h4-8,11-12,17,23-24,28,31H,2-3,9-10,13-16,18-20H2,1H3. The zero-order chi connectivity index (χ0) is 24.5. The van der Waals surface area contributed by atoms with E-state index in [-0.39, 0.29) is 24.2 Å². The summed E-state index contributed by atoms with van der Waals surface area (Å²) in [5.74, 6) is 0.160. The van der Waals surface area contributed by atoms with Crippen LogP contribution in [0.2, 0.25) is 0 Å². The summed E-state index contributed by atoms with van der Waals surface area (Å²) in [5, 5.41) is 11.9. The summed E-state index contributed by atoms with van der Waals surface area (Å²) in [6, 6.07) is 16.3. The predicted molar refractivity (Wildman–Crippen MR) is 139 cm³/mol. The average molecular weight is 500 g/mol. The number of benzene rings is 2. The van der Waals surface area contributed by atoms with Gasteiger partial charge < -0.3 is 14.7 Å². The number of methoxy groups -OCH3 is 1. The van der Waals surface area contributed by atoms with Crippen LogP contribution >= 0.6 is 0 Å². The first-order chi connectivity index (χ1) is 16.9. The van der Waals surface area contributed by atoms with Crippen molar-refractivity contribution >= 4 is 21.4 Å². The minimum atomic E-state index is -3.50. The van der Waals surface area contributed by atoms with E-state index < -0.39 is 15.6 Å². The number of nitrogens with one attached hydrogen (secondary N) is 1. The molecule has 0 amide bonds. The van der Waals surface area contributed by atoms with Gasteiger partial charge in [-0.1, -0.05) is 24.3 Å². The van der Waals surface area contributed by atoms with Crippen LogP contribution in [0.3, 0.4) is 0 Å². The summed E-state index contributed by atoms with van der Waals surface area (Å²) in [7, 11) is -2.01. The van der Waals surface area contributed by atoms with Crippen LogP contribution in [0.25, 0.3) is 0 Å². The lowest BCUT2D eigenvalue weighted by molar-refractivity contribution is -0.0914. The first-order valence-electron chi connectivity index (χ1n) is 12.8. The van der Waals surface area contributed by atoms with Crippen molar-refractivity contribution in [1.29, 1.82) is 0 Å². The Morgan fingerprint density at radius 2 is 1.74 bits per heavy atom. The number of fused-ring (bicyclic) bond motifs is 2. The van der Waals surface area contributed by atoms with Crippen LogP contribution in [0, 0.1) is 11.8 Å². The molecule has 0 radical (unpaired) electrons. The Balaban J connectivity index is 1.26. The van der Waals surface area contributed by atoms with Gasteiger partial charge in [-0.15, -0.1) is 0 Å². The molecule has 7 nitrogen and oxygen atoms in total. The van der Waals surface area contributed by atoms with Gasteiger partial charge in [0.1, 0.15) is 0 Å². The van der Waals surface area contributed by atoms with E-state index in [1.165, 1.54) is 31.2 Å². The molecule has 2 atom stereocenters. The summed E-state index contributed by atoms with van der Waals surface area (Å²) in [6.07, 6.45) is 4.53. The normalized spacial score (nSPS) is 26.9. The van der Waals surface area contributed by atoms with Gasteiger partial charge in [0.25, 0.3) is 0 Å². The van der Waals surface area contributed by atoms with Crippen molar-refractivity contribution in [1.82, 2.24) is 4.90 Å². The molecule has 1 saturated carbocycles. The summed E-state index contributed by atoms with van der Waals surface area (Å²) >= 11 is 0. The van der Waals surface area contributed by atoms with Gasteiger partial charge in [0.2, 0.25) is 10.0 Å². The fourth-order valence-electron chi connectivity index (χ4n) is 6.24. The van der Waals surface area contributed by atoms with Crippen molar-refractivity contribution < 1.29 is 18.3 Å². The van der Waals surface area contributed by atoms with Crippen molar-refractivity contribution in [3.8, 4) is 0 Å². The number of aliphatic hydroxyl groups is 1. The Hall–Kier alpha value is -2.13. The third-order valence-electron chi connectivity index (χ3n) is 8.03. The largest absolute Gasteiger partial charge is 0.384 e. The SMILES string of the molecule is COCCS(=O)(=O)Nc1cccc(C2(O)C3CCC2CN(Cc2ccc(N4CCCC4)cc2)C3)c1. The van der Waals surface area contributed by atoms with Crippen LogP contribution in [0.15, 0.2) is 48.5 Å². The fraction of sp³-hybridized carbons (Fsp3) is 0.556. The number of likely N-dealkylation sites (tertiary alicyclic amines) is 1. The van der Waals surface area contributed by atoms with Crippen molar-refractivity contribution in [2.45, 2.75) is 37.8 Å². The number of hydrogen-bond donors (Lipinski definition) is 2. The molecule has 2 bridgehead atoms. The maximum absolute atomic E-state index is 12.3. The van der Waals surface area contributed by atoms with Crippen LogP contribution in [0.5, 0.6) is 0 Å². The van der Waals surface area contributed by atoms with E-state index in [4.69, 9.17) is 4.74 Å². The van der Waals surface area contributed by atoms with Crippen LogP contribution < -0.4 is 9.62 Å². The number of ether oxygens (including phenoxy) is 1. The Labute approximate surface area is 209 Å². The Morgan fingerprint density at radius 1 is 1.06 bits per heavy atom. The molecule has 8 heteroatoms. The molecule has 3 fully saturated rings. The van der Waals surface area contributed by atoms with Gasteiger partial charge in [0.15, 0.2) is 0 Å². The molecule has 2 saturated heterocycles. The summed E-state index contributed by atoms with van der Waals surface area (Å²) in [5.41, 5.74) is 3.00. The van der Waals surface area contributed by atoms with Gasteiger partial charge in [-0.3, -0.25) is 9.62 Å². The average Bonchev–Trinajstić information content (AvgIpc) is 3.42. The highest BCUT2D eigenvalue weighted by Gasteiger charge is 2.53. The number of nitrogens with zero attached hydrogens (tertiary/aromatic N) is 2. The van der Waals surface area contributed by atoms with Crippen molar-refractivity contribution in [2.24, 2.45) is 11.8 Å². The molecule has 190 valence electrons. The first-order valence-corrected chi connectivity index (χ1v) is 14.4. The Kier molecular flexibility index (Phi) is 7.08. The van der Waals surface area contributed by atoms with Gasteiger partial charge in [0.05, 0.1) is 18.0 Å². The lowest BCUT2D eigenvalue weighted by Gasteiger charge is -2.45. The van der Waals surface area contributed by atoms with Gasteiger partial charge in [-0.25, -0.2) is 8.42 Å². The van der Waals surface area contributed by atoms with E-state index >= 15 is 0 Å². The number of anilines is 2. The zero-order valence-electron chi connectivity index (χ0n) is 20.5. The van der Waals surface area contributed by atoms with Crippen LogP contribution in [0.1, 0.15) is 36.8 Å². The molecule has 2 heterocycles. The van der Waals surface area contributed by atoms with E-state index in [9.17, 15) is 13.5 Å². The molecular formula is C27H37N3O4S. The van der Waals surface area contributed by atoms with Crippen LogP contribution in [-0.2, 0) is 26.9 Å². The van der Waals surface area contributed by atoms with Gasteiger partial charge in [-0.2, -0.15) is 0 Å². The number of rotatable bonds is 9. The topological polar surface area (TPSA) is 82.1 Å². The molecule has 0 aromatic heterocycles.